The molecule has 0 aliphatic rings. The molecule has 0 bridgehead atoms. The molecule has 0 fully saturated rings. The molecule has 0 aliphatic carbocycles. The number of rotatable bonds is 8. The summed E-state index contributed by atoms with van der Waals surface area (Å²) in [6.07, 6.45) is 3.48. The summed E-state index contributed by atoms with van der Waals surface area (Å²) >= 11 is 0. The number of carbonyl (C=O) groups excluding carboxylic acids is 1. The van der Waals surface area contributed by atoms with Gasteiger partial charge in [0.05, 0.1) is 6.61 Å². The third-order valence-electron chi connectivity index (χ3n) is 5.05. The molecule has 1 atom stereocenters. The summed E-state index contributed by atoms with van der Waals surface area (Å²) in [6, 6.07) is 8.23. The molecule has 0 amide bonds. The van der Waals surface area contributed by atoms with Crippen molar-refractivity contribution in [3.8, 4) is 5.75 Å². The van der Waals surface area contributed by atoms with E-state index in [2.05, 4.69) is 46.8 Å². The zero-order valence-electron chi connectivity index (χ0n) is 17.0. The van der Waals surface area contributed by atoms with Crippen molar-refractivity contribution >= 4 is 38.3 Å². The van der Waals surface area contributed by atoms with E-state index >= 15 is 0 Å². The quantitative estimate of drug-likeness (QED) is 0.354. The Morgan fingerprint density at radius 3 is 2.26 bits per heavy atom. The van der Waals surface area contributed by atoms with Gasteiger partial charge >= 0.3 is 18.9 Å². The molecule has 2 aromatic rings. The van der Waals surface area contributed by atoms with Gasteiger partial charge < -0.3 is 4.74 Å². The minimum absolute atomic E-state index is 0. The third-order valence-corrected chi connectivity index (χ3v) is 6.35. The van der Waals surface area contributed by atoms with Crippen LogP contribution in [0.3, 0.4) is 0 Å². The van der Waals surface area contributed by atoms with E-state index in [4.69, 9.17) is 4.74 Å². The summed E-state index contributed by atoms with van der Waals surface area (Å²) in [5.41, 5.74) is 6.92. The first-order valence-electron chi connectivity index (χ1n) is 9.47. The molecule has 0 N–H and O–H groups in total. The fourth-order valence-corrected chi connectivity index (χ4v) is 4.42. The molecule has 2 nitrogen and oxygen atoms in total. The van der Waals surface area contributed by atoms with E-state index in [-0.39, 0.29) is 33.0 Å². The van der Waals surface area contributed by atoms with Crippen molar-refractivity contribution in [3.63, 3.8) is 0 Å². The van der Waals surface area contributed by atoms with Crippen molar-refractivity contribution in [1.82, 2.24) is 0 Å². The van der Waals surface area contributed by atoms with Gasteiger partial charge in [0, 0.05) is 5.56 Å². The molecular formula is C23H32LiO2P. The topological polar surface area (TPSA) is 26.3 Å². The monoisotopic (exact) mass is 378 g/mol. The summed E-state index contributed by atoms with van der Waals surface area (Å²) in [5, 5.41) is 1.10. The number of unbranched alkanes of at least 4 members (excludes halogenated alkanes) is 2. The molecule has 0 aliphatic heterocycles. The van der Waals surface area contributed by atoms with E-state index < -0.39 is 0 Å². The fraction of sp³-hybridized carbons (Fsp3) is 0.435. The van der Waals surface area contributed by atoms with Crippen molar-refractivity contribution in [2.75, 3.05) is 6.61 Å². The molecule has 0 saturated heterocycles. The van der Waals surface area contributed by atoms with Crippen LogP contribution >= 0.6 is 8.58 Å². The van der Waals surface area contributed by atoms with Crippen LogP contribution in [0.1, 0.15) is 64.4 Å². The molecule has 0 saturated carbocycles. The van der Waals surface area contributed by atoms with E-state index in [0.717, 1.165) is 46.3 Å². The Labute approximate surface area is 178 Å². The molecule has 142 valence electrons. The van der Waals surface area contributed by atoms with E-state index in [0.29, 0.717) is 0 Å². The van der Waals surface area contributed by atoms with Crippen molar-refractivity contribution in [3.05, 3.63) is 57.6 Å². The Kier molecular flexibility index (Phi) is 9.82. The standard InChI is InChI=1S/C23H31O2P.Li.H/c1-7-8-9-12-25-20-10-11-21(16(3)14-20)26-23(24)22-17(4)13-15(2)18(5)19(22)6;;/h10-11,13-14,26H,7-9,12H2,1-6H3;;. The van der Waals surface area contributed by atoms with Crippen LogP contribution in [0.2, 0.25) is 0 Å². The van der Waals surface area contributed by atoms with Crippen molar-refractivity contribution in [2.45, 2.75) is 60.8 Å². The van der Waals surface area contributed by atoms with Crippen LogP contribution in [-0.4, -0.2) is 31.0 Å². The fourth-order valence-electron chi connectivity index (χ4n) is 3.23. The molecular weight excluding hydrogens is 346 g/mol. The second kappa shape index (κ2) is 11.1. The second-order valence-corrected chi connectivity index (χ2v) is 8.36. The van der Waals surface area contributed by atoms with Gasteiger partial charge in [0.2, 0.25) is 0 Å². The van der Waals surface area contributed by atoms with E-state index in [1.807, 2.05) is 19.1 Å². The SMILES string of the molecule is CCCCCOc1ccc(PC(=O)c2c(C)cc(C)c(C)c2C)c(C)c1.[LiH]. The molecule has 27 heavy (non-hydrogen) atoms. The summed E-state index contributed by atoms with van der Waals surface area (Å²) < 4.78 is 5.82. The van der Waals surface area contributed by atoms with Crippen molar-refractivity contribution in [1.29, 1.82) is 0 Å². The second-order valence-electron chi connectivity index (χ2n) is 7.12. The van der Waals surface area contributed by atoms with Gasteiger partial charge in [0.1, 0.15) is 5.75 Å². The van der Waals surface area contributed by atoms with Gasteiger partial charge in [-0.1, -0.05) is 31.9 Å². The van der Waals surface area contributed by atoms with E-state index in [9.17, 15) is 4.79 Å². The van der Waals surface area contributed by atoms with Gasteiger partial charge in [0.15, 0.2) is 5.52 Å². The predicted octanol–water partition coefficient (Wildman–Crippen LogP) is 5.29. The molecule has 2 aromatic carbocycles. The molecule has 0 aromatic heterocycles. The summed E-state index contributed by atoms with van der Waals surface area (Å²) in [4.78, 5) is 13.0. The number of carbonyl (C=O) groups is 1. The Morgan fingerprint density at radius 1 is 0.926 bits per heavy atom. The van der Waals surface area contributed by atoms with E-state index in [1.54, 1.807) is 0 Å². The van der Waals surface area contributed by atoms with Gasteiger partial charge in [-0.15, -0.1) is 0 Å². The Morgan fingerprint density at radius 2 is 1.63 bits per heavy atom. The number of hydrogen-bond donors (Lipinski definition) is 0. The molecule has 1 unspecified atom stereocenters. The Bertz CT molecular complexity index is 799. The average molecular weight is 378 g/mol. The maximum atomic E-state index is 13.0. The van der Waals surface area contributed by atoms with Crippen LogP contribution < -0.4 is 10.0 Å². The predicted molar refractivity (Wildman–Crippen MR) is 121 cm³/mol. The van der Waals surface area contributed by atoms with Gasteiger partial charge in [-0.25, -0.2) is 0 Å². The van der Waals surface area contributed by atoms with Crippen LogP contribution in [-0.2, 0) is 0 Å². The average Bonchev–Trinajstić information content (AvgIpc) is 2.59. The zero-order chi connectivity index (χ0) is 19.3. The third kappa shape index (κ3) is 6.22. The van der Waals surface area contributed by atoms with Crippen LogP contribution in [0.5, 0.6) is 5.75 Å². The van der Waals surface area contributed by atoms with Crippen LogP contribution in [0.15, 0.2) is 24.3 Å². The molecule has 0 radical (unpaired) electrons. The Balaban J connectivity index is 0.00000364. The molecule has 0 heterocycles. The summed E-state index contributed by atoms with van der Waals surface area (Å²) in [7, 11) is 0.145. The summed E-state index contributed by atoms with van der Waals surface area (Å²) in [6.45, 7) is 13.3. The van der Waals surface area contributed by atoms with Gasteiger partial charge in [0.25, 0.3) is 0 Å². The molecule has 2 rings (SSSR count). The molecule has 0 spiro atoms. The first-order valence-corrected chi connectivity index (χ1v) is 10.5. The van der Waals surface area contributed by atoms with Gasteiger partial charge in [-0.3, -0.25) is 4.79 Å². The number of hydrogen-bond acceptors (Lipinski definition) is 2. The van der Waals surface area contributed by atoms with Crippen LogP contribution in [0.4, 0.5) is 0 Å². The number of benzene rings is 2. The zero-order valence-corrected chi connectivity index (χ0v) is 18.0. The van der Waals surface area contributed by atoms with Crippen molar-refractivity contribution in [2.24, 2.45) is 0 Å². The van der Waals surface area contributed by atoms with Gasteiger partial charge in [-0.2, -0.15) is 0 Å². The van der Waals surface area contributed by atoms with Crippen LogP contribution in [0, 0.1) is 34.6 Å². The number of ether oxygens (including phenoxy) is 1. The molecule has 4 heteroatoms. The number of aryl methyl sites for hydroxylation is 3. The first-order chi connectivity index (χ1) is 12.3. The van der Waals surface area contributed by atoms with E-state index in [1.165, 1.54) is 24.0 Å². The first kappa shape index (κ1) is 24.0. The van der Waals surface area contributed by atoms with Crippen LogP contribution in [0.25, 0.3) is 0 Å². The summed E-state index contributed by atoms with van der Waals surface area (Å²) in [5.74, 6) is 0.901. The van der Waals surface area contributed by atoms with Crippen molar-refractivity contribution < 1.29 is 9.53 Å². The Hall–Kier alpha value is -1.06. The maximum absolute atomic E-state index is 13.0. The minimum atomic E-state index is 0. The normalized spacial score (nSPS) is 10.9. The van der Waals surface area contributed by atoms with Gasteiger partial charge in [-0.05, 0) is 94.9 Å².